The number of benzene rings is 2. The quantitative estimate of drug-likeness (QED) is 0.869. The van der Waals surface area contributed by atoms with Crippen molar-refractivity contribution >= 4 is 11.4 Å². The topological polar surface area (TPSA) is 41.6 Å². The van der Waals surface area contributed by atoms with E-state index in [1.807, 2.05) is 23.2 Å². The maximum atomic E-state index is 13.0. The van der Waals surface area contributed by atoms with Crippen molar-refractivity contribution in [3.05, 3.63) is 71.5 Å². The van der Waals surface area contributed by atoms with E-state index in [-0.39, 0.29) is 11.7 Å². The van der Waals surface area contributed by atoms with Crippen molar-refractivity contribution in [1.29, 1.82) is 0 Å². The van der Waals surface area contributed by atoms with Crippen molar-refractivity contribution in [2.45, 2.75) is 12.8 Å². The van der Waals surface area contributed by atoms with Gasteiger partial charge in [0.05, 0.1) is 11.4 Å². The van der Waals surface area contributed by atoms with Crippen molar-refractivity contribution in [2.75, 3.05) is 10.0 Å². The summed E-state index contributed by atoms with van der Waals surface area (Å²) in [5.41, 5.74) is 6.65. The molecular weight excluding hydrogens is 269 g/mol. The van der Waals surface area contributed by atoms with Gasteiger partial charge in [0.2, 0.25) is 0 Å². The Morgan fingerprint density at radius 2 is 1.71 bits per heavy atom. The van der Waals surface area contributed by atoms with Gasteiger partial charge in [-0.25, -0.2) is 4.39 Å². The lowest BCUT2D eigenvalue weighted by atomic mass is 10.0. The van der Waals surface area contributed by atoms with Crippen LogP contribution in [0, 0.1) is 5.82 Å². The molecule has 0 saturated carbocycles. The summed E-state index contributed by atoms with van der Waals surface area (Å²) < 4.78 is 13.0. The molecule has 1 N–H and O–H groups in total. The maximum absolute atomic E-state index is 13.0. The second-order valence-corrected chi connectivity index (χ2v) is 5.13. The molecule has 0 unspecified atom stereocenters. The van der Waals surface area contributed by atoms with Crippen LogP contribution in [0.5, 0.6) is 0 Å². The Bertz CT molecular complexity index is 727. The molecule has 5 heteroatoms. The van der Waals surface area contributed by atoms with E-state index < -0.39 is 0 Å². The highest BCUT2D eigenvalue weighted by molar-refractivity contribution is 5.65. The summed E-state index contributed by atoms with van der Waals surface area (Å²) in [5, 5.41) is 15.8. The standard InChI is InChI=1S/C16H14FN3O/c17-12-6-8-13(9-7-12)19-16(21)15-10-5-11-3-1-2-4-14(11)20(15)18-19/h1-4,6-9,18,21H,5,10H2/p-1. The lowest BCUT2D eigenvalue weighted by molar-refractivity contribution is -0.306. The predicted octanol–water partition coefficient (Wildman–Crippen LogP) is 2.05. The third kappa shape index (κ3) is 1.86. The van der Waals surface area contributed by atoms with E-state index in [9.17, 15) is 9.50 Å². The van der Waals surface area contributed by atoms with E-state index in [1.165, 1.54) is 22.7 Å². The summed E-state index contributed by atoms with van der Waals surface area (Å²) in [5.74, 6) is -0.405. The van der Waals surface area contributed by atoms with Crippen molar-refractivity contribution in [3.63, 3.8) is 0 Å². The largest absolute Gasteiger partial charge is 0.858 e. The number of hydrogen-bond donors (Lipinski definition) is 1. The molecule has 2 aromatic rings. The molecule has 0 spiro atoms. The van der Waals surface area contributed by atoms with Crippen LogP contribution < -0.4 is 20.7 Å². The molecule has 2 heterocycles. The van der Waals surface area contributed by atoms with Crippen molar-refractivity contribution < 1.29 is 9.50 Å². The highest BCUT2D eigenvalue weighted by Crippen LogP contribution is 2.36. The van der Waals surface area contributed by atoms with Crippen LogP contribution in [0.1, 0.15) is 12.0 Å². The smallest absolute Gasteiger partial charge is 0.123 e. The average Bonchev–Trinajstić information content (AvgIpc) is 2.86. The Kier molecular flexibility index (Phi) is 2.62. The van der Waals surface area contributed by atoms with E-state index in [4.69, 9.17) is 0 Å². The minimum Gasteiger partial charge on any atom is -0.858 e. The Morgan fingerprint density at radius 1 is 0.952 bits per heavy atom. The molecule has 0 radical (unpaired) electrons. The van der Waals surface area contributed by atoms with Gasteiger partial charge in [-0.05, 0) is 48.7 Å². The van der Waals surface area contributed by atoms with Crippen molar-refractivity contribution in [3.8, 4) is 0 Å². The molecule has 2 aromatic carbocycles. The van der Waals surface area contributed by atoms with Gasteiger partial charge in [-0.1, -0.05) is 18.2 Å². The molecule has 4 rings (SSSR count). The number of hydrogen-bond acceptors (Lipinski definition) is 4. The molecule has 4 nitrogen and oxygen atoms in total. The first-order valence-corrected chi connectivity index (χ1v) is 6.84. The highest BCUT2D eigenvalue weighted by atomic mass is 19.1. The van der Waals surface area contributed by atoms with Crippen LogP contribution in [-0.4, -0.2) is 0 Å². The second kappa shape index (κ2) is 4.49. The number of para-hydroxylation sites is 1. The van der Waals surface area contributed by atoms with E-state index in [2.05, 4.69) is 11.6 Å². The molecule has 0 aliphatic carbocycles. The van der Waals surface area contributed by atoms with Gasteiger partial charge in [0, 0.05) is 11.6 Å². The molecule has 0 amide bonds. The Labute approximate surface area is 121 Å². The van der Waals surface area contributed by atoms with E-state index in [1.54, 1.807) is 12.1 Å². The summed E-state index contributed by atoms with van der Waals surface area (Å²) in [6, 6.07) is 13.9. The average molecular weight is 282 g/mol. The zero-order chi connectivity index (χ0) is 14.4. The van der Waals surface area contributed by atoms with Crippen LogP contribution in [0.3, 0.4) is 0 Å². The van der Waals surface area contributed by atoms with E-state index in [0.717, 1.165) is 17.8 Å². The summed E-state index contributed by atoms with van der Waals surface area (Å²) in [7, 11) is 0. The monoisotopic (exact) mass is 282 g/mol. The first-order chi connectivity index (χ1) is 10.2. The number of allylic oxidation sites excluding steroid dienone is 1. The number of hydrazine groups is 2. The fraction of sp³-hybridized carbons (Fsp3) is 0.125. The molecule has 2 aliphatic rings. The molecule has 21 heavy (non-hydrogen) atoms. The fourth-order valence-electron chi connectivity index (χ4n) is 2.81. The molecule has 0 saturated heterocycles. The number of nitrogens with zero attached hydrogens (tertiary/aromatic N) is 2. The van der Waals surface area contributed by atoms with Crippen LogP contribution in [0.4, 0.5) is 15.8 Å². The summed E-state index contributed by atoms with van der Waals surface area (Å²) in [4.78, 5) is 0. The van der Waals surface area contributed by atoms with E-state index in [0.29, 0.717) is 12.1 Å². The number of nitrogens with one attached hydrogen (secondary N) is 1. The van der Waals surface area contributed by atoms with Crippen molar-refractivity contribution in [2.24, 2.45) is 0 Å². The molecule has 0 bridgehead atoms. The predicted molar refractivity (Wildman–Crippen MR) is 76.3 cm³/mol. The number of anilines is 2. The van der Waals surface area contributed by atoms with Gasteiger partial charge < -0.3 is 5.11 Å². The number of halogens is 1. The van der Waals surface area contributed by atoms with Crippen LogP contribution in [0.15, 0.2) is 60.1 Å². The Hall–Kier alpha value is -2.53. The van der Waals surface area contributed by atoms with Gasteiger partial charge in [-0.2, -0.15) is 0 Å². The lowest BCUT2D eigenvalue weighted by Crippen LogP contribution is -2.44. The lowest BCUT2D eigenvalue weighted by Gasteiger charge is -2.30. The summed E-state index contributed by atoms with van der Waals surface area (Å²) in [6.07, 6.45) is 1.55. The van der Waals surface area contributed by atoms with Gasteiger partial charge in [-0.15, -0.1) is 5.53 Å². The number of aryl methyl sites for hydroxylation is 1. The van der Waals surface area contributed by atoms with Crippen LogP contribution in [-0.2, 0) is 6.42 Å². The van der Waals surface area contributed by atoms with E-state index >= 15 is 0 Å². The molecule has 2 aliphatic heterocycles. The minimum absolute atomic E-state index is 0.0869. The summed E-state index contributed by atoms with van der Waals surface area (Å²) >= 11 is 0. The minimum atomic E-state index is -0.318. The first-order valence-electron chi connectivity index (χ1n) is 6.84. The molecule has 0 fully saturated rings. The molecular formula is C16H13FN3O-. The van der Waals surface area contributed by atoms with Gasteiger partial charge >= 0.3 is 0 Å². The molecule has 0 aromatic heterocycles. The number of rotatable bonds is 1. The highest BCUT2D eigenvalue weighted by Gasteiger charge is 2.29. The fourth-order valence-corrected chi connectivity index (χ4v) is 2.81. The van der Waals surface area contributed by atoms with Crippen LogP contribution in [0.25, 0.3) is 0 Å². The zero-order valence-electron chi connectivity index (χ0n) is 11.2. The van der Waals surface area contributed by atoms with Gasteiger partial charge in [0.1, 0.15) is 5.82 Å². The third-order valence-corrected chi connectivity index (χ3v) is 3.87. The zero-order valence-corrected chi connectivity index (χ0v) is 11.2. The van der Waals surface area contributed by atoms with Crippen molar-refractivity contribution in [1.82, 2.24) is 5.53 Å². The van der Waals surface area contributed by atoms with Crippen LogP contribution in [0.2, 0.25) is 0 Å². The van der Waals surface area contributed by atoms with Gasteiger partial charge in [0.25, 0.3) is 0 Å². The van der Waals surface area contributed by atoms with Crippen LogP contribution >= 0.6 is 0 Å². The molecule has 106 valence electrons. The number of fused-ring (bicyclic) bond motifs is 3. The Balaban J connectivity index is 1.74. The second-order valence-electron chi connectivity index (χ2n) is 5.13. The normalized spacial score (nSPS) is 17.0. The molecule has 0 atom stereocenters. The third-order valence-electron chi connectivity index (χ3n) is 3.87. The summed E-state index contributed by atoms with van der Waals surface area (Å²) in [6.45, 7) is 0. The Morgan fingerprint density at radius 3 is 2.52 bits per heavy atom. The first kappa shape index (κ1) is 12.2. The van der Waals surface area contributed by atoms with Gasteiger partial charge in [0.15, 0.2) is 0 Å². The SMILES string of the molecule is [O-]C1=C2CCc3ccccc3N2NN1c1ccc(F)cc1. The van der Waals surface area contributed by atoms with Gasteiger partial charge in [-0.3, -0.25) is 10.0 Å². The maximum Gasteiger partial charge on any atom is 0.123 e.